The summed E-state index contributed by atoms with van der Waals surface area (Å²) < 4.78 is 0. The van der Waals surface area contributed by atoms with Crippen molar-refractivity contribution in [2.45, 2.75) is 13.0 Å². The topological polar surface area (TPSA) is 90.9 Å². The maximum absolute atomic E-state index is 12.9. The number of piperazine rings is 1. The Morgan fingerprint density at radius 2 is 1.48 bits per heavy atom. The predicted octanol–water partition coefficient (Wildman–Crippen LogP) is 1.05. The quantitative estimate of drug-likeness (QED) is 0.729. The molecule has 29 heavy (non-hydrogen) atoms. The fraction of sp³-hybridized carbons (Fsp3) is 0.286. The summed E-state index contributed by atoms with van der Waals surface area (Å²) in [6.45, 7) is 3.02. The molecule has 1 aromatic heterocycles. The molecule has 1 unspecified atom stereocenters. The van der Waals surface area contributed by atoms with Gasteiger partial charge in [0.1, 0.15) is 6.04 Å². The standard InChI is InChI=1S/C21H20N4O4/c1-14(25-20(28)16-6-2-3-7-17(16)21(25)29)18(26)23-9-11-24(12-10-23)19(27)15-5-4-8-22-13-15/h2-8,13-14H,9-12H2,1H3. The van der Waals surface area contributed by atoms with E-state index >= 15 is 0 Å². The van der Waals surface area contributed by atoms with Crippen LogP contribution in [0.2, 0.25) is 0 Å². The number of imide groups is 1. The van der Waals surface area contributed by atoms with Gasteiger partial charge in [-0.25, -0.2) is 0 Å². The molecule has 1 fully saturated rings. The Kier molecular flexibility index (Phi) is 4.84. The van der Waals surface area contributed by atoms with Crippen molar-refractivity contribution in [3.63, 3.8) is 0 Å². The number of hydrogen-bond donors (Lipinski definition) is 0. The van der Waals surface area contributed by atoms with Crippen molar-refractivity contribution in [3.05, 3.63) is 65.5 Å². The second kappa shape index (κ2) is 7.46. The molecular weight excluding hydrogens is 372 g/mol. The number of nitrogens with zero attached hydrogens (tertiary/aromatic N) is 4. The minimum absolute atomic E-state index is 0.126. The Morgan fingerprint density at radius 1 is 0.897 bits per heavy atom. The van der Waals surface area contributed by atoms with E-state index in [1.807, 2.05) is 0 Å². The van der Waals surface area contributed by atoms with Gasteiger partial charge in [0.05, 0.1) is 16.7 Å². The lowest BCUT2D eigenvalue weighted by Gasteiger charge is -2.37. The minimum atomic E-state index is -0.900. The first-order valence-corrected chi connectivity index (χ1v) is 9.44. The fourth-order valence-electron chi connectivity index (χ4n) is 3.74. The molecule has 2 aromatic rings. The van der Waals surface area contributed by atoms with Crippen LogP contribution in [0.15, 0.2) is 48.8 Å². The zero-order valence-electron chi connectivity index (χ0n) is 15.9. The van der Waals surface area contributed by atoms with Crippen molar-refractivity contribution in [2.75, 3.05) is 26.2 Å². The first-order chi connectivity index (χ1) is 14.0. The van der Waals surface area contributed by atoms with E-state index in [1.54, 1.807) is 59.3 Å². The molecule has 0 spiro atoms. The van der Waals surface area contributed by atoms with Crippen molar-refractivity contribution in [1.82, 2.24) is 19.7 Å². The molecule has 8 heteroatoms. The third-order valence-electron chi connectivity index (χ3n) is 5.36. The third-order valence-corrected chi connectivity index (χ3v) is 5.36. The molecule has 1 atom stereocenters. The fourth-order valence-corrected chi connectivity index (χ4v) is 3.74. The van der Waals surface area contributed by atoms with E-state index in [0.29, 0.717) is 42.9 Å². The van der Waals surface area contributed by atoms with E-state index in [-0.39, 0.29) is 11.8 Å². The average Bonchev–Trinajstić information content (AvgIpc) is 3.03. The molecule has 0 saturated carbocycles. The number of rotatable bonds is 3. The lowest BCUT2D eigenvalue weighted by Crippen LogP contribution is -2.56. The van der Waals surface area contributed by atoms with E-state index in [1.165, 1.54) is 6.20 Å². The molecule has 0 aliphatic carbocycles. The van der Waals surface area contributed by atoms with Crippen LogP contribution in [0.25, 0.3) is 0 Å². The zero-order valence-corrected chi connectivity index (χ0v) is 15.9. The van der Waals surface area contributed by atoms with Gasteiger partial charge in [0.2, 0.25) is 5.91 Å². The number of amides is 4. The molecule has 3 heterocycles. The summed E-state index contributed by atoms with van der Waals surface area (Å²) in [7, 11) is 0. The van der Waals surface area contributed by atoms with Gasteiger partial charge < -0.3 is 9.80 Å². The first-order valence-electron chi connectivity index (χ1n) is 9.44. The second-order valence-electron chi connectivity index (χ2n) is 7.06. The molecule has 1 saturated heterocycles. The van der Waals surface area contributed by atoms with Crippen LogP contribution in [0.1, 0.15) is 38.0 Å². The molecule has 4 amide bonds. The third kappa shape index (κ3) is 3.26. The molecule has 1 aromatic carbocycles. The summed E-state index contributed by atoms with van der Waals surface area (Å²) in [6, 6.07) is 9.08. The highest BCUT2D eigenvalue weighted by Gasteiger charge is 2.42. The van der Waals surface area contributed by atoms with Gasteiger partial charge in [-0.2, -0.15) is 0 Å². The highest BCUT2D eigenvalue weighted by Crippen LogP contribution is 2.25. The van der Waals surface area contributed by atoms with Crippen LogP contribution in [0.3, 0.4) is 0 Å². The highest BCUT2D eigenvalue weighted by atomic mass is 16.2. The van der Waals surface area contributed by atoms with Crippen molar-refractivity contribution in [3.8, 4) is 0 Å². The predicted molar refractivity (Wildman–Crippen MR) is 103 cm³/mol. The molecular formula is C21H20N4O4. The Balaban J connectivity index is 1.41. The van der Waals surface area contributed by atoms with E-state index in [2.05, 4.69) is 4.98 Å². The van der Waals surface area contributed by atoms with Crippen molar-refractivity contribution < 1.29 is 19.2 Å². The van der Waals surface area contributed by atoms with Gasteiger partial charge in [-0.3, -0.25) is 29.1 Å². The second-order valence-corrected chi connectivity index (χ2v) is 7.06. The van der Waals surface area contributed by atoms with Crippen molar-refractivity contribution in [2.24, 2.45) is 0 Å². The SMILES string of the molecule is CC(C(=O)N1CCN(C(=O)c2cccnc2)CC1)N1C(=O)c2ccccc2C1=O. The molecule has 8 nitrogen and oxygen atoms in total. The number of fused-ring (bicyclic) bond motifs is 1. The average molecular weight is 392 g/mol. The number of hydrogen-bond acceptors (Lipinski definition) is 5. The van der Waals surface area contributed by atoms with Crippen LogP contribution >= 0.6 is 0 Å². The van der Waals surface area contributed by atoms with Crippen LogP contribution in [0.4, 0.5) is 0 Å². The number of pyridine rings is 1. The summed E-state index contributed by atoms with van der Waals surface area (Å²) in [5.74, 6) is -1.32. The molecule has 4 rings (SSSR count). The maximum Gasteiger partial charge on any atom is 0.262 e. The van der Waals surface area contributed by atoms with Crippen LogP contribution in [0.5, 0.6) is 0 Å². The summed E-state index contributed by atoms with van der Waals surface area (Å²) in [5.41, 5.74) is 1.15. The van der Waals surface area contributed by atoms with E-state index in [9.17, 15) is 19.2 Å². The van der Waals surface area contributed by atoms with E-state index in [4.69, 9.17) is 0 Å². The van der Waals surface area contributed by atoms with Crippen LogP contribution in [-0.2, 0) is 4.79 Å². The molecule has 0 radical (unpaired) electrons. The largest absolute Gasteiger partial charge is 0.337 e. The maximum atomic E-state index is 12.9. The van der Waals surface area contributed by atoms with Crippen molar-refractivity contribution in [1.29, 1.82) is 0 Å². The van der Waals surface area contributed by atoms with Crippen molar-refractivity contribution >= 4 is 23.6 Å². The van der Waals surface area contributed by atoms with Gasteiger partial charge >= 0.3 is 0 Å². The van der Waals surface area contributed by atoms with Gasteiger partial charge in [0, 0.05) is 38.6 Å². The summed E-state index contributed by atoms with van der Waals surface area (Å²) in [5, 5.41) is 0. The lowest BCUT2D eigenvalue weighted by molar-refractivity contribution is -0.136. The lowest BCUT2D eigenvalue weighted by atomic mass is 10.1. The Morgan fingerprint density at radius 3 is 2.03 bits per heavy atom. The Labute approximate surface area is 167 Å². The molecule has 148 valence electrons. The van der Waals surface area contributed by atoms with Gasteiger partial charge in [0.15, 0.2) is 0 Å². The smallest absolute Gasteiger partial charge is 0.262 e. The normalized spacial score (nSPS) is 17.3. The number of benzene rings is 1. The number of carbonyl (C=O) groups is 4. The van der Waals surface area contributed by atoms with Crippen LogP contribution in [-0.4, -0.2) is 75.5 Å². The van der Waals surface area contributed by atoms with Crippen LogP contribution in [0, 0.1) is 0 Å². The minimum Gasteiger partial charge on any atom is -0.337 e. The summed E-state index contributed by atoms with van der Waals surface area (Å²) in [4.78, 5) is 58.9. The Hall–Kier alpha value is -3.55. The highest BCUT2D eigenvalue weighted by molar-refractivity contribution is 6.22. The number of carbonyl (C=O) groups excluding carboxylic acids is 4. The van der Waals surface area contributed by atoms with Gasteiger partial charge in [-0.15, -0.1) is 0 Å². The molecule has 0 N–H and O–H groups in total. The summed E-state index contributed by atoms with van der Waals surface area (Å²) in [6.07, 6.45) is 3.12. The molecule has 0 bridgehead atoms. The summed E-state index contributed by atoms with van der Waals surface area (Å²) >= 11 is 0. The monoisotopic (exact) mass is 392 g/mol. The first kappa shape index (κ1) is 18.8. The van der Waals surface area contributed by atoms with Gasteiger partial charge in [0.25, 0.3) is 17.7 Å². The molecule has 2 aliphatic heterocycles. The Bertz CT molecular complexity index is 948. The van der Waals surface area contributed by atoms with E-state index in [0.717, 1.165) is 4.90 Å². The van der Waals surface area contributed by atoms with E-state index < -0.39 is 17.9 Å². The van der Waals surface area contributed by atoms with Crippen LogP contribution < -0.4 is 0 Å². The van der Waals surface area contributed by atoms with Gasteiger partial charge in [-0.1, -0.05) is 12.1 Å². The zero-order chi connectivity index (χ0) is 20.5. The van der Waals surface area contributed by atoms with Gasteiger partial charge in [-0.05, 0) is 31.2 Å². The number of aromatic nitrogens is 1. The molecule has 2 aliphatic rings.